The summed E-state index contributed by atoms with van der Waals surface area (Å²) in [7, 11) is 0. The number of hydrogen-bond donors (Lipinski definition) is 3. The molecule has 0 saturated heterocycles. The van der Waals surface area contributed by atoms with Crippen LogP contribution in [0.1, 0.15) is 17.1 Å². The van der Waals surface area contributed by atoms with Gasteiger partial charge in [-0.3, -0.25) is 30.2 Å². The molecule has 0 spiro atoms. The molecule has 37 heavy (non-hydrogen) atoms. The van der Waals surface area contributed by atoms with E-state index >= 15 is 0 Å². The maximum absolute atomic E-state index is 4.74. The zero-order chi connectivity index (χ0) is 25.4. The predicted octanol–water partition coefficient (Wildman–Crippen LogP) is 2.48. The highest BCUT2D eigenvalue weighted by atomic mass is 15.1. The molecular weight excluding hydrogens is 461 g/mol. The summed E-state index contributed by atoms with van der Waals surface area (Å²) in [6.07, 6.45) is 10.8. The number of aromatic nitrogens is 9. The Labute approximate surface area is 213 Å². The molecule has 0 unspecified atom stereocenters. The average Bonchev–Trinajstić information content (AvgIpc) is 3.64. The van der Waals surface area contributed by atoms with Gasteiger partial charge in [-0.1, -0.05) is 0 Å². The lowest BCUT2D eigenvalue weighted by atomic mass is 9.34. The minimum absolute atomic E-state index is 0.253. The summed E-state index contributed by atoms with van der Waals surface area (Å²) in [4.78, 5) is 13.1. The molecule has 6 heterocycles. The van der Waals surface area contributed by atoms with Gasteiger partial charge in [-0.2, -0.15) is 15.3 Å². The molecular formula is C27H24BN9. The Morgan fingerprint density at radius 1 is 0.514 bits per heavy atom. The monoisotopic (exact) mass is 485 g/mol. The number of aryl methyl sites for hydroxylation is 3. The summed E-state index contributed by atoms with van der Waals surface area (Å²) in [6.45, 7) is 5.89. The highest BCUT2D eigenvalue weighted by Gasteiger charge is 2.37. The molecule has 0 atom stereocenters. The van der Waals surface area contributed by atoms with Crippen molar-refractivity contribution in [2.75, 3.05) is 0 Å². The molecule has 6 aromatic heterocycles. The lowest BCUT2D eigenvalue weighted by molar-refractivity contribution is 1.05. The first kappa shape index (κ1) is 22.6. The largest absolute Gasteiger partial charge is 0.283 e. The van der Waals surface area contributed by atoms with Crippen LogP contribution >= 0.6 is 0 Å². The molecule has 0 aliphatic heterocycles. The lowest BCUT2D eigenvalue weighted by Gasteiger charge is -2.19. The van der Waals surface area contributed by atoms with Gasteiger partial charge >= 0.3 is 0 Å². The van der Waals surface area contributed by atoms with Crippen molar-refractivity contribution in [3.05, 3.63) is 90.7 Å². The van der Waals surface area contributed by atoms with Crippen molar-refractivity contribution in [1.29, 1.82) is 0 Å². The van der Waals surface area contributed by atoms with Gasteiger partial charge in [-0.25, -0.2) is 0 Å². The zero-order valence-electron chi connectivity index (χ0n) is 20.7. The number of pyridine rings is 3. The molecule has 0 amide bonds. The van der Waals surface area contributed by atoms with E-state index in [2.05, 4.69) is 30.2 Å². The van der Waals surface area contributed by atoms with Gasteiger partial charge in [-0.15, -0.1) is 0 Å². The first-order chi connectivity index (χ1) is 18.1. The Balaban J connectivity index is 1.68. The van der Waals surface area contributed by atoms with Crippen LogP contribution in [0.4, 0.5) is 0 Å². The number of nitrogens with zero attached hydrogens (tertiary/aromatic N) is 6. The molecule has 180 valence electrons. The Hall–Kier alpha value is -4.86. The predicted molar refractivity (Wildman–Crippen MR) is 144 cm³/mol. The highest BCUT2D eigenvalue weighted by Crippen LogP contribution is 2.22. The normalized spacial score (nSPS) is 11.1. The third-order valence-electron chi connectivity index (χ3n) is 6.65. The molecule has 0 aliphatic rings. The van der Waals surface area contributed by atoms with Crippen molar-refractivity contribution in [3.8, 4) is 33.8 Å². The van der Waals surface area contributed by atoms with Gasteiger partial charge in [0, 0.05) is 71.0 Å². The van der Waals surface area contributed by atoms with Crippen LogP contribution in [0, 0.1) is 20.8 Å². The Morgan fingerprint density at radius 3 is 1.11 bits per heavy atom. The fourth-order valence-corrected chi connectivity index (χ4v) is 4.97. The van der Waals surface area contributed by atoms with Crippen LogP contribution in [0.5, 0.6) is 0 Å². The summed E-state index contributed by atoms with van der Waals surface area (Å²) < 4.78 is 0. The van der Waals surface area contributed by atoms with Gasteiger partial charge in [0.25, 0.3) is 6.71 Å². The van der Waals surface area contributed by atoms with Gasteiger partial charge in [0.2, 0.25) is 0 Å². The second-order valence-corrected chi connectivity index (χ2v) is 8.99. The maximum atomic E-state index is 4.74. The fourth-order valence-electron chi connectivity index (χ4n) is 4.97. The van der Waals surface area contributed by atoms with Gasteiger partial charge in [-0.05, 0) is 73.6 Å². The highest BCUT2D eigenvalue weighted by molar-refractivity contribution is 6.98. The fraction of sp³-hybridized carbons (Fsp3) is 0.111. The number of nitrogens with one attached hydrogen (secondary N) is 3. The van der Waals surface area contributed by atoms with Crippen LogP contribution in [0.15, 0.2) is 73.6 Å². The smallest absolute Gasteiger partial charge is 0.257 e. The van der Waals surface area contributed by atoms with E-state index in [1.165, 1.54) is 0 Å². The molecule has 0 saturated carbocycles. The quantitative estimate of drug-likeness (QED) is 0.312. The standard InChI is InChI=1S/C27H24BN9/c1-16-22(25(35-32-16)19-7-4-10-29-13-19)28(23-17(2)33-36-26(23)20-8-5-11-30-14-20)24-18(3)34-37-27(24)21-9-6-12-31-15-21/h4-15H,1-3H3,(H,32,35)(H,33,36)(H,34,37). The van der Waals surface area contributed by atoms with E-state index < -0.39 is 0 Å². The molecule has 0 aromatic carbocycles. The van der Waals surface area contributed by atoms with Crippen molar-refractivity contribution in [2.45, 2.75) is 20.8 Å². The molecule has 3 N–H and O–H groups in total. The summed E-state index contributed by atoms with van der Waals surface area (Å²) >= 11 is 0. The molecule has 9 nitrogen and oxygen atoms in total. The number of hydrogen-bond acceptors (Lipinski definition) is 6. The summed E-state index contributed by atoms with van der Waals surface area (Å²) in [6, 6.07) is 11.8. The van der Waals surface area contributed by atoms with Crippen molar-refractivity contribution in [2.24, 2.45) is 0 Å². The minimum Gasteiger partial charge on any atom is -0.283 e. The molecule has 0 fully saturated rings. The number of rotatable bonds is 6. The summed E-state index contributed by atoms with van der Waals surface area (Å²) in [5, 5.41) is 23.9. The van der Waals surface area contributed by atoms with Crippen molar-refractivity contribution < 1.29 is 0 Å². The van der Waals surface area contributed by atoms with Crippen LogP contribution in [-0.2, 0) is 0 Å². The number of aromatic amines is 3. The topological polar surface area (TPSA) is 125 Å². The first-order valence-electron chi connectivity index (χ1n) is 12.0. The summed E-state index contributed by atoms with van der Waals surface area (Å²) in [5.74, 6) is 0. The second kappa shape index (κ2) is 9.31. The molecule has 0 bridgehead atoms. The van der Waals surface area contributed by atoms with Crippen molar-refractivity contribution >= 4 is 23.1 Å². The first-order valence-corrected chi connectivity index (χ1v) is 12.0. The van der Waals surface area contributed by atoms with Crippen LogP contribution in [0.2, 0.25) is 0 Å². The Morgan fingerprint density at radius 2 is 0.838 bits per heavy atom. The van der Waals surface area contributed by atoms with Gasteiger partial charge in [0.1, 0.15) is 0 Å². The van der Waals surface area contributed by atoms with Gasteiger partial charge < -0.3 is 0 Å². The zero-order valence-corrected chi connectivity index (χ0v) is 20.7. The molecule has 6 aromatic rings. The third kappa shape index (κ3) is 3.92. The van der Waals surface area contributed by atoms with Gasteiger partial charge in [0.05, 0.1) is 17.1 Å². The lowest BCUT2D eigenvalue weighted by Crippen LogP contribution is -2.55. The number of H-pyrrole nitrogens is 3. The van der Waals surface area contributed by atoms with E-state index in [1.54, 1.807) is 18.6 Å². The Kier molecular flexibility index (Phi) is 5.68. The second-order valence-electron chi connectivity index (χ2n) is 8.99. The van der Waals surface area contributed by atoms with E-state index in [0.717, 1.165) is 67.2 Å². The SMILES string of the molecule is Cc1[nH]nc(-c2cccnc2)c1B(c1c(-c2cccnc2)n[nH]c1C)c1c(-c2cccnc2)n[nH]c1C. The summed E-state index contributed by atoms with van der Waals surface area (Å²) in [5.41, 5.74) is 11.3. The average molecular weight is 485 g/mol. The minimum atomic E-state index is -0.253. The van der Waals surface area contributed by atoms with Crippen LogP contribution in [0.3, 0.4) is 0 Å². The van der Waals surface area contributed by atoms with Crippen molar-refractivity contribution in [1.82, 2.24) is 45.5 Å². The molecule has 10 heteroatoms. The maximum Gasteiger partial charge on any atom is 0.257 e. The van der Waals surface area contributed by atoms with E-state index in [9.17, 15) is 0 Å². The van der Waals surface area contributed by atoms with Crippen molar-refractivity contribution in [3.63, 3.8) is 0 Å². The molecule has 0 aliphatic carbocycles. The van der Waals surface area contributed by atoms with Gasteiger partial charge in [0.15, 0.2) is 0 Å². The van der Waals surface area contributed by atoms with E-state index in [1.807, 2.05) is 75.8 Å². The van der Waals surface area contributed by atoms with Crippen LogP contribution in [0.25, 0.3) is 33.8 Å². The Bertz CT molecular complexity index is 1460. The molecule has 6 rings (SSSR count). The van der Waals surface area contributed by atoms with E-state index in [4.69, 9.17) is 15.3 Å². The van der Waals surface area contributed by atoms with E-state index in [0.29, 0.717) is 0 Å². The van der Waals surface area contributed by atoms with Crippen LogP contribution < -0.4 is 16.4 Å². The molecule has 0 radical (unpaired) electrons. The van der Waals surface area contributed by atoms with Crippen LogP contribution in [-0.4, -0.2) is 52.3 Å². The third-order valence-corrected chi connectivity index (χ3v) is 6.65. The van der Waals surface area contributed by atoms with E-state index in [-0.39, 0.29) is 6.71 Å².